The third-order valence-corrected chi connectivity index (χ3v) is 3.09. The van der Waals surface area contributed by atoms with Crippen LogP contribution in [0.1, 0.15) is 32.4 Å². The molecule has 0 radical (unpaired) electrons. The second-order valence-electron chi connectivity index (χ2n) is 4.81. The zero-order chi connectivity index (χ0) is 10.7. The van der Waals surface area contributed by atoms with E-state index in [0.717, 1.165) is 24.1 Å². The molecule has 1 aromatic heterocycles. The van der Waals surface area contributed by atoms with E-state index in [4.69, 9.17) is 0 Å². The molecule has 0 aliphatic heterocycles. The maximum atomic E-state index is 4.33. The van der Waals surface area contributed by atoms with Crippen LogP contribution in [0.25, 0.3) is 0 Å². The standard InChI is InChI=1S/C13H20N2/c1-10(2)13(11-6-7-11)15-9-12-5-3-4-8-14-12/h3-5,8,10-11,13,15H,6-7,9H2,1-2H3. The van der Waals surface area contributed by atoms with E-state index in [0.29, 0.717) is 6.04 Å². The first-order valence-corrected chi connectivity index (χ1v) is 5.90. The number of hydrogen-bond donors (Lipinski definition) is 1. The molecule has 0 spiro atoms. The van der Waals surface area contributed by atoms with E-state index in [2.05, 4.69) is 30.2 Å². The van der Waals surface area contributed by atoms with Gasteiger partial charge in [0.05, 0.1) is 5.69 Å². The van der Waals surface area contributed by atoms with E-state index in [1.54, 1.807) is 0 Å². The lowest BCUT2D eigenvalue weighted by Crippen LogP contribution is -2.35. The summed E-state index contributed by atoms with van der Waals surface area (Å²) in [4.78, 5) is 4.33. The minimum absolute atomic E-state index is 0.673. The van der Waals surface area contributed by atoms with Crippen molar-refractivity contribution < 1.29 is 0 Å². The van der Waals surface area contributed by atoms with E-state index in [1.165, 1.54) is 12.8 Å². The topological polar surface area (TPSA) is 24.9 Å². The van der Waals surface area contributed by atoms with E-state index in [9.17, 15) is 0 Å². The summed E-state index contributed by atoms with van der Waals surface area (Å²) in [6, 6.07) is 6.76. The zero-order valence-electron chi connectivity index (χ0n) is 9.61. The largest absolute Gasteiger partial charge is 0.308 e. The predicted octanol–water partition coefficient (Wildman–Crippen LogP) is 2.61. The summed E-state index contributed by atoms with van der Waals surface area (Å²) in [7, 11) is 0. The third kappa shape index (κ3) is 3.03. The highest BCUT2D eigenvalue weighted by atomic mass is 14.9. The minimum Gasteiger partial charge on any atom is -0.308 e. The molecule has 1 aliphatic rings. The van der Waals surface area contributed by atoms with Crippen molar-refractivity contribution in [3.63, 3.8) is 0 Å². The molecule has 1 heterocycles. The molecule has 2 rings (SSSR count). The molecule has 1 unspecified atom stereocenters. The maximum Gasteiger partial charge on any atom is 0.0541 e. The van der Waals surface area contributed by atoms with Crippen molar-refractivity contribution in [2.75, 3.05) is 0 Å². The van der Waals surface area contributed by atoms with Gasteiger partial charge in [-0.05, 0) is 36.8 Å². The van der Waals surface area contributed by atoms with Crippen LogP contribution >= 0.6 is 0 Å². The molecule has 0 saturated heterocycles. The molecule has 1 aliphatic carbocycles. The van der Waals surface area contributed by atoms with Crippen LogP contribution in [0, 0.1) is 11.8 Å². The predicted molar refractivity (Wildman–Crippen MR) is 62.4 cm³/mol. The Balaban J connectivity index is 1.85. The van der Waals surface area contributed by atoms with Gasteiger partial charge in [0.15, 0.2) is 0 Å². The number of pyridine rings is 1. The lowest BCUT2D eigenvalue weighted by Gasteiger charge is -2.21. The Morgan fingerprint density at radius 2 is 2.20 bits per heavy atom. The highest BCUT2D eigenvalue weighted by Gasteiger charge is 2.32. The number of rotatable bonds is 5. The van der Waals surface area contributed by atoms with Gasteiger partial charge < -0.3 is 5.32 Å². The summed E-state index contributed by atoms with van der Waals surface area (Å²) < 4.78 is 0. The van der Waals surface area contributed by atoms with Crippen molar-refractivity contribution in [2.45, 2.75) is 39.3 Å². The first kappa shape index (κ1) is 10.6. The summed E-state index contributed by atoms with van der Waals surface area (Å²) in [6.45, 7) is 5.50. The van der Waals surface area contributed by atoms with Gasteiger partial charge in [-0.3, -0.25) is 4.98 Å². The van der Waals surface area contributed by atoms with Crippen molar-refractivity contribution in [3.8, 4) is 0 Å². The number of aromatic nitrogens is 1. The quantitative estimate of drug-likeness (QED) is 0.797. The molecular formula is C13H20N2. The molecule has 1 aromatic rings. The Hall–Kier alpha value is -0.890. The third-order valence-electron chi connectivity index (χ3n) is 3.09. The van der Waals surface area contributed by atoms with Crippen LogP contribution in [0.5, 0.6) is 0 Å². The van der Waals surface area contributed by atoms with Gasteiger partial charge in [-0.1, -0.05) is 19.9 Å². The molecule has 1 atom stereocenters. The lowest BCUT2D eigenvalue weighted by molar-refractivity contribution is 0.357. The average molecular weight is 204 g/mol. The smallest absolute Gasteiger partial charge is 0.0541 e. The Morgan fingerprint density at radius 1 is 1.40 bits per heavy atom. The van der Waals surface area contributed by atoms with Crippen molar-refractivity contribution in [2.24, 2.45) is 11.8 Å². The molecule has 2 nitrogen and oxygen atoms in total. The molecule has 2 heteroatoms. The SMILES string of the molecule is CC(C)C(NCc1ccccn1)C1CC1. The van der Waals surface area contributed by atoms with Gasteiger partial charge in [0, 0.05) is 18.8 Å². The van der Waals surface area contributed by atoms with Crippen LogP contribution in [0.2, 0.25) is 0 Å². The molecule has 0 amide bonds. The summed E-state index contributed by atoms with van der Waals surface area (Å²) in [6.07, 6.45) is 4.66. The van der Waals surface area contributed by atoms with E-state index in [-0.39, 0.29) is 0 Å². The molecule has 1 saturated carbocycles. The highest BCUT2D eigenvalue weighted by molar-refractivity contribution is 5.03. The molecule has 15 heavy (non-hydrogen) atoms. The summed E-state index contributed by atoms with van der Waals surface area (Å²) in [5.74, 6) is 1.63. The van der Waals surface area contributed by atoms with Gasteiger partial charge in [-0.15, -0.1) is 0 Å². The Labute approximate surface area is 92.1 Å². The summed E-state index contributed by atoms with van der Waals surface area (Å²) >= 11 is 0. The Kier molecular flexibility index (Phi) is 3.37. The zero-order valence-corrected chi connectivity index (χ0v) is 9.61. The fourth-order valence-electron chi connectivity index (χ4n) is 2.13. The van der Waals surface area contributed by atoms with Crippen LogP contribution in [-0.2, 0) is 6.54 Å². The molecule has 0 bridgehead atoms. The van der Waals surface area contributed by atoms with Gasteiger partial charge in [0.2, 0.25) is 0 Å². The van der Waals surface area contributed by atoms with Gasteiger partial charge in [0.25, 0.3) is 0 Å². The van der Waals surface area contributed by atoms with Gasteiger partial charge in [0.1, 0.15) is 0 Å². The van der Waals surface area contributed by atoms with Crippen molar-refractivity contribution in [1.82, 2.24) is 10.3 Å². The average Bonchev–Trinajstić information content (AvgIpc) is 3.03. The van der Waals surface area contributed by atoms with Gasteiger partial charge in [-0.25, -0.2) is 0 Å². The Morgan fingerprint density at radius 3 is 2.73 bits per heavy atom. The van der Waals surface area contributed by atoms with Crippen molar-refractivity contribution >= 4 is 0 Å². The Bertz CT molecular complexity index is 289. The highest BCUT2D eigenvalue weighted by Crippen LogP contribution is 2.35. The van der Waals surface area contributed by atoms with E-state index < -0.39 is 0 Å². The van der Waals surface area contributed by atoms with Gasteiger partial charge >= 0.3 is 0 Å². The minimum atomic E-state index is 0.673. The first-order valence-electron chi connectivity index (χ1n) is 5.90. The molecular weight excluding hydrogens is 184 g/mol. The lowest BCUT2D eigenvalue weighted by atomic mass is 9.99. The number of hydrogen-bond acceptors (Lipinski definition) is 2. The van der Waals surface area contributed by atoms with Crippen LogP contribution in [-0.4, -0.2) is 11.0 Å². The normalized spacial score (nSPS) is 18.1. The van der Waals surface area contributed by atoms with Crippen LogP contribution in [0.3, 0.4) is 0 Å². The molecule has 1 N–H and O–H groups in total. The summed E-state index contributed by atoms with van der Waals surface area (Å²) in [5.41, 5.74) is 1.14. The molecule has 0 aromatic carbocycles. The number of nitrogens with zero attached hydrogens (tertiary/aromatic N) is 1. The first-order chi connectivity index (χ1) is 7.27. The van der Waals surface area contributed by atoms with Gasteiger partial charge in [-0.2, -0.15) is 0 Å². The van der Waals surface area contributed by atoms with Crippen LogP contribution in [0.15, 0.2) is 24.4 Å². The van der Waals surface area contributed by atoms with E-state index in [1.807, 2.05) is 18.3 Å². The second-order valence-corrected chi connectivity index (χ2v) is 4.81. The fraction of sp³-hybridized carbons (Fsp3) is 0.615. The second kappa shape index (κ2) is 4.75. The summed E-state index contributed by atoms with van der Waals surface area (Å²) in [5, 5.41) is 3.63. The van der Waals surface area contributed by atoms with E-state index >= 15 is 0 Å². The van der Waals surface area contributed by atoms with Crippen molar-refractivity contribution in [3.05, 3.63) is 30.1 Å². The molecule has 82 valence electrons. The van der Waals surface area contributed by atoms with Crippen LogP contribution < -0.4 is 5.32 Å². The van der Waals surface area contributed by atoms with Crippen molar-refractivity contribution in [1.29, 1.82) is 0 Å². The fourth-order valence-corrected chi connectivity index (χ4v) is 2.13. The van der Waals surface area contributed by atoms with Crippen LogP contribution in [0.4, 0.5) is 0 Å². The maximum absolute atomic E-state index is 4.33. The molecule has 1 fully saturated rings. The monoisotopic (exact) mass is 204 g/mol. The number of nitrogens with one attached hydrogen (secondary N) is 1.